The van der Waals surface area contributed by atoms with Crippen LogP contribution in [0.5, 0.6) is 0 Å². The van der Waals surface area contributed by atoms with E-state index in [1.165, 1.54) is 16.7 Å². The third-order valence-electron chi connectivity index (χ3n) is 7.19. The lowest BCUT2D eigenvalue weighted by Crippen LogP contribution is -2.71. The number of ether oxygens (including phenoxy) is 2. The van der Waals surface area contributed by atoms with Crippen LogP contribution in [-0.4, -0.2) is 56.0 Å². The summed E-state index contributed by atoms with van der Waals surface area (Å²) in [6.07, 6.45) is -1.43. The maximum absolute atomic E-state index is 13.9. The highest BCUT2D eigenvalue weighted by Gasteiger charge is 2.55. The highest BCUT2D eigenvalue weighted by Crippen LogP contribution is 2.42. The van der Waals surface area contributed by atoms with Crippen molar-refractivity contribution < 1.29 is 28.7 Å². The number of β-lactam (4-membered cyclic amide) rings is 1. The third-order valence-corrected chi connectivity index (χ3v) is 9.45. The molecule has 3 atom stereocenters. The molecule has 1 unspecified atom stereocenters. The van der Waals surface area contributed by atoms with Crippen molar-refractivity contribution in [2.45, 2.75) is 49.9 Å². The summed E-state index contributed by atoms with van der Waals surface area (Å²) in [5.74, 6) is -1.09. The Morgan fingerprint density at radius 1 is 0.911 bits per heavy atom. The number of esters is 1. The topological polar surface area (TPSA) is 114 Å². The van der Waals surface area contributed by atoms with Gasteiger partial charge in [0.15, 0.2) is 6.10 Å². The van der Waals surface area contributed by atoms with Gasteiger partial charge in [-0.3, -0.25) is 14.5 Å². The average molecular weight is 740 g/mol. The molecule has 234 valence electrons. The number of amides is 3. The van der Waals surface area contributed by atoms with Gasteiger partial charge in [0.1, 0.15) is 28.8 Å². The van der Waals surface area contributed by atoms with E-state index in [1.54, 1.807) is 51.1 Å². The Hall–Kier alpha value is -3.84. The maximum atomic E-state index is 13.9. The van der Waals surface area contributed by atoms with E-state index in [4.69, 9.17) is 9.47 Å². The smallest absolute Gasteiger partial charge is 0.408 e. The third kappa shape index (κ3) is 7.52. The van der Waals surface area contributed by atoms with Gasteiger partial charge in [0.25, 0.3) is 5.91 Å². The fourth-order valence-electron chi connectivity index (χ4n) is 5.13. The van der Waals surface area contributed by atoms with Crippen molar-refractivity contribution in [2.75, 3.05) is 10.2 Å². The maximum Gasteiger partial charge on any atom is 0.408 e. The Balaban J connectivity index is 1.35. The molecule has 11 heteroatoms. The van der Waals surface area contributed by atoms with Crippen molar-refractivity contribution in [3.63, 3.8) is 0 Å². The molecule has 1 fully saturated rings. The highest BCUT2D eigenvalue weighted by molar-refractivity contribution is 14.1. The number of nitrogens with zero attached hydrogens (tertiary/aromatic N) is 1. The van der Waals surface area contributed by atoms with Gasteiger partial charge in [0, 0.05) is 10.2 Å². The van der Waals surface area contributed by atoms with Crippen molar-refractivity contribution >= 4 is 58.2 Å². The van der Waals surface area contributed by atoms with E-state index in [1.807, 2.05) is 60.7 Å². The van der Waals surface area contributed by atoms with Gasteiger partial charge >= 0.3 is 12.1 Å². The number of benzene rings is 3. The molecular formula is C34H34IN3O6S. The monoisotopic (exact) mass is 739 g/mol. The van der Waals surface area contributed by atoms with Crippen LogP contribution in [-0.2, 0) is 23.9 Å². The van der Waals surface area contributed by atoms with Gasteiger partial charge in [-0.1, -0.05) is 114 Å². The molecule has 3 aromatic rings. The molecule has 1 saturated heterocycles. The summed E-state index contributed by atoms with van der Waals surface area (Å²) in [5, 5.41) is 4.94. The van der Waals surface area contributed by atoms with Crippen LogP contribution in [0.1, 0.15) is 49.6 Å². The zero-order valence-electron chi connectivity index (χ0n) is 25.1. The minimum atomic E-state index is -1.10. The quantitative estimate of drug-likeness (QED) is 0.126. The van der Waals surface area contributed by atoms with Gasteiger partial charge in [-0.05, 0) is 43.0 Å². The number of carbonyl (C=O) groups excluding carboxylic acids is 4. The summed E-state index contributed by atoms with van der Waals surface area (Å²) < 4.78 is 12.1. The number of alkyl halides is 1. The van der Waals surface area contributed by atoms with E-state index in [-0.39, 0.29) is 5.70 Å². The molecule has 9 nitrogen and oxygen atoms in total. The first kappa shape index (κ1) is 32.6. The van der Waals surface area contributed by atoms with Crippen molar-refractivity contribution in [3.8, 4) is 0 Å². The van der Waals surface area contributed by atoms with Crippen molar-refractivity contribution in [2.24, 2.45) is 0 Å². The number of rotatable bonds is 9. The summed E-state index contributed by atoms with van der Waals surface area (Å²) in [6, 6.07) is 25.7. The first-order valence-corrected chi connectivity index (χ1v) is 17.0. The minimum absolute atomic E-state index is 0.215. The van der Waals surface area contributed by atoms with E-state index in [9.17, 15) is 19.2 Å². The standard InChI is InChI=1S/C34H34IN3O6S/c1-34(2,3)44-33(42)37-25(21-13-7-4-8-14-21)29(39)36-26-30(40)38-27(24(19-35)20-45-31(26)38)32(41)43-28(22-15-9-5-10-16-22)23-17-11-6-12-18-23/h4-18,25-26,28,31H,19-20H2,1-3H3,(H,36,39)(H,37,42)/t25?,26-,31+/m1/s1. The molecule has 2 aliphatic rings. The molecule has 3 amide bonds. The second-order valence-corrected chi connectivity index (χ2v) is 13.4. The van der Waals surface area contributed by atoms with Crippen LogP contribution in [0, 0.1) is 0 Å². The lowest BCUT2D eigenvalue weighted by Gasteiger charge is -2.50. The van der Waals surface area contributed by atoms with E-state index < -0.39 is 53.0 Å². The van der Waals surface area contributed by atoms with E-state index in [2.05, 4.69) is 33.2 Å². The number of nitrogens with one attached hydrogen (secondary N) is 2. The van der Waals surface area contributed by atoms with Crippen molar-refractivity contribution in [1.29, 1.82) is 0 Å². The minimum Gasteiger partial charge on any atom is -0.448 e. The van der Waals surface area contributed by atoms with Gasteiger partial charge in [-0.2, -0.15) is 0 Å². The largest absolute Gasteiger partial charge is 0.448 e. The van der Waals surface area contributed by atoms with Crippen LogP contribution in [0.15, 0.2) is 102 Å². The first-order chi connectivity index (χ1) is 21.6. The van der Waals surface area contributed by atoms with Gasteiger partial charge < -0.3 is 20.1 Å². The number of hydrogen-bond donors (Lipinski definition) is 2. The number of thioether (sulfide) groups is 1. The molecule has 0 spiro atoms. The second-order valence-electron chi connectivity index (χ2n) is 11.6. The SMILES string of the molecule is CC(C)(C)OC(=O)NC(C(=O)N[C@@H]1C(=O)N2C(C(=O)OC(c3ccccc3)c3ccccc3)=C(CI)CS[C@@H]12)c1ccccc1. The Labute approximate surface area is 280 Å². The second kappa shape index (κ2) is 14.1. The fraction of sp³-hybridized carbons (Fsp3) is 0.294. The molecule has 2 aliphatic heterocycles. The normalized spacial score (nSPS) is 18.4. The van der Waals surface area contributed by atoms with E-state index in [0.29, 0.717) is 15.7 Å². The molecule has 2 heterocycles. The van der Waals surface area contributed by atoms with Gasteiger partial charge in [0.2, 0.25) is 5.91 Å². The predicted molar refractivity (Wildman–Crippen MR) is 180 cm³/mol. The van der Waals surface area contributed by atoms with Crippen LogP contribution in [0.3, 0.4) is 0 Å². The van der Waals surface area contributed by atoms with Crippen LogP contribution in [0.2, 0.25) is 0 Å². The molecule has 0 radical (unpaired) electrons. The Morgan fingerprint density at radius 2 is 1.44 bits per heavy atom. The summed E-state index contributed by atoms with van der Waals surface area (Å²) in [7, 11) is 0. The van der Waals surface area contributed by atoms with Crippen LogP contribution < -0.4 is 10.6 Å². The fourth-order valence-corrected chi connectivity index (χ4v) is 7.47. The summed E-state index contributed by atoms with van der Waals surface area (Å²) in [6.45, 7) is 5.19. The Morgan fingerprint density at radius 3 is 1.96 bits per heavy atom. The zero-order valence-corrected chi connectivity index (χ0v) is 28.0. The Kier molecular flexibility index (Phi) is 10.2. The van der Waals surface area contributed by atoms with Crippen molar-refractivity contribution in [3.05, 3.63) is 119 Å². The van der Waals surface area contributed by atoms with Gasteiger partial charge in [-0.25, -0.2) is 9.59 Å². The van der Waals surface area contributed by atoms with Crippen LogP contribution in [0.4, 0.5) is 4.79 Å². The molecule has 5 rings (SSSR count). The Bertz CT molecular complexity index is 1540. The predicted octanol–water partition coefficient (Wildman–Crippen LogP) is 5.67. The van der Waals surface area contributed by atoms with Crippen LogP contribution in [0.25, 0.3) is 0 Å². The number of hydrogen-bond acceptors (Lipinski definition) is 7. The molecule has 0 bridgehead atoms. The molecule has 0 saturated carbocycles. The van der Waals surface area contributed by atoms with E-state index in [0.717, 1.165) is 16.7 Å². The average Bonchev–Trinajstić information content (AvgIpc) is 3.04. The first-order valence-electron chi connectivity index (χ1n) is 14.5. The molecule has 45 heavy (non-hydrogen) atoms. The van der Waals surface area contributed by atoms with Crippen molar-refractivity contribution in [1.82, 2.24) is 15.5 Å². The number of fused-ring (bicyclic) bond motifs is 1. The summed E-state index contributed by atoms with van der Waals surface area (Å²) in [4.78, 5) is 55.2. The van der Waals surface area contributed by atoms with Crippen LogP contribution >= 0.6 is 34.4 Å². The number of carbonyl (C=O) groups is 4. The molecule has 0 aromatic heterocycles. The summed E-state index contributed by atoms with van der Waals surface area (Å²) >= 11 is 3.65. The van der Waals surface area contributed by atoms with Gasteiger partial charge in [-0.15, -0.1) is 11.8 Å². The number of halogens is 1. The molecule has 0 aliphatic carbocycles. The molecule has 2 N–H and O–H groups in total. The highest BCUT2D eigenvalue weighted by atomic mass is 127. The lowest BCUT2D eigenvalue weighted by atomic mass is 10.00. The molecule has 3 aromatic carbocycles. The number of alkyl carbamates (subject to hydrolysis) is 1. The molecular weight excluding hydrogens is 705 g/mol. The lowest BCUT2D eigenvalue weighted by molar-refractivity contribution is -0.154. The zero-order chi connectivity index (χ0) is 32.1. The van der Waals surface area contributed by atoms with Gasteiger partial charge in [0.05, 0.1) is 0 Å². The summed E-state index contributed by atoms with van der Waals surface area (Å²) in [5.41, 5.74) is 2.38. The van der Waals surface area contributed by atoms with E-state index >= 15 is 0 Å².